The largest absolute Gasteiger partial charge is 0.494 e. The van der Waals surface area contributed by atoms with Crippen molar-refractivity contribution >= 4 is 11.5 Å². The highest BCUT2D eigenvalue weighted by atomic mass is 19.1. The van der Waals surface area contributed by atoms with E-state index in [1.54, 1.807) is 24.3 Å². The van der Waals surface area contributed by atoms with E-state index >= 15 is 0 Å². The lowest BCUT2D eigenvalue weighted by molar-refractivity contribution is -0.137. The number of hydrogen-bond donors (Lipinski definition) is 0. The minimum atomic E-state index is -0.907. The van der Waals surface area contributed by atoms with Crippen molar-refractivity contribution in [2.24, 2.45) is 5.92 Å². The number of hydrogen-bond acceptors (Lipinski definition) is 3. The maximum Gasteiger partial charge on any atom is 0.367 e. The molecule has 1 aliphatic carbocycles. The standard InChI is InChI=1S/C15H17FO3/c1-3-19-12-8-6-11(7-9-12)13(10-4-5-10)14(16)15(17)18-2/h6-10H,3-5H2,1-2H3. The molecule has 0 unspecified atom stereocenters. The van der Waals surface area contributed by atoms with E-state index in [4.69, 9.17) is 4.74 Å². The van der Waals surface area contributed by atoms with Crippen molar-refractivity contribution in [3.05, 3.63) is 35.7 Å². The summed E-state index contributed by atoms with van der Waals surface area (Å²) in [6.45, 7) is 2.49. The van der Waals surface area contributed by atoms with Crippen molar-refractivity contribution in [3.63, 3.8) is 0 Å². The predicted molar refractivity (Wildman–Crippen MR) is 70.4 cm³/mol. The highest BCUT2D eigenvalue weighted by molar-refractivity contribution is 5.96. The molecular weight excluding hydrogens is 247 g/mol. The van der Waals surface area contributed by atoms with Gasteiger partial charge in [0.1, 0.15) is 5.75 Å². The van der Waals surface area contributed by atoms with E-state index in [0.29, 0.717) is 17.7 Å². The van der Waals surface area contributed by atoms with Crippen molar-refractivity contribution < 1.29 is 18.7 Å². The number of rotatable bonds is 5. The Morgan fingerprint density at radius 2 is 1.95 bits per heavy atom. The average molecular weight is 264 g/mol. The molecule has 0 N–H and O–H groups in total. The van der Waals surface area contributed by atoms with Gasteiger partial charge in [-0.05, 0) is 43.4 Å². The smallest absolute Gasteiger partial charge is 0.367 e. The first-order valence-corrected chi connectivity index (χ1v) is 6.38. The Labute approximate surface area is 112 Å². The van der Waals surface area contributed by atoms with Gasteiger partial charge in [0.2, 0.25) is 5.83 Å². The molecule has 0 saturated heterocycles. The lowest BCUT2D eigenvalue weighted by Gasteiger charge is -2.09. The fourth-order valence-corrected chi connectivity index (χ4v) is 2.01. The van der Waals surface area contributed by atoms with Gasteiger partial charge in [-0.3, -0.25) is 0 Å². The first kappa shape index (κ1) is 13.6. The van der Waals surface area contributed by atoms with Gasteiger partial charge in [-0.2, -0.15) is 4.39 Å². The average Bonchev–Trinajstić information content (AvgIpc) is 3.25. The Morgan fingerprint density at radius 3 is 2.42 bits per heavy atom. The van der Waals surface area contributed by atoms with E-state index in [0.717, 1.165) is 18.6 Å². The Balaban J connectivity index is 2.32. The lowest BCUT2D eigenvalue weighted by atomic mass is 10.0. The number of carbonyl (C=O) groups excluding carboxylic acids is 1. The summed E-state index contributed by atoms with van der Waals surface area (Å²) >= 11 is 0. The summed E-state index contributed by atoms with van der Waals surface area (Å²) in [6.07, 6.45) is 1.82. The summed E-state index contributed by atoms with van der Waals surface area (Å²) < 4.78 is 23.9. The predicted octanol–water partition coefficient (Wildman–Crippen LogP) is 3.35. The third kappa shape index (κ3) is 3.13. The Kier molecular flexibility index (Phi) is 4.20. The van der Waals surface area contributed by atoms with Gasteiger partial charge in [0.15, 0.2) is 0 Å². The second-order valence-corrected chi connectivity index (χ2v) is 4.45. The molecule has 4 heteroatoms. The maximum absolute atomic E-state index is 14.1. The van der Waals surface area contributed by atoms with Gasteiger partial charge in [-0.25, -0.2) is 4.79 Å². The maximum atomic E-state index is 14.1. The Bertz CT molecular complexity index is 487. The SMILES string of the molecule is CCOc1ccc(C(=C(F)C(=O)OC)C2CC2)cc1. The molecule has 0 radical (unpaired) electrons. The number of esters is 1. The Morgan fingerprint density at radius 1 is 1.32 bits per heavy atom. The summed E-state index contributed by atoms with van der Waals surface area (Å²) in [6, 6.07) is 7.12. The summed E-state index contributed by atoms with van der Waals surface area (Å²) in [5.41, 5.74) is 1.17. The molecule has 0 atom stereocenters. The number of methoxy groups -OCH3 is 1. The molecule has 0 aromatic heterocycles. The summed E-state index contributed by atoms with van der Waals surface area (Å²) in [7, 11) is 1.19. The third-order valence-corrected chi connectivity index (χ3v) is 3.06. The molecule has 0 aliphatic heterocycles. The number of allylic oxidation sites excluding steroid dienone is 1. The second-order valence-electron chi connectivity index (χ2n) is 4.45. The fourth-order valence-electron chi connectivity index (χ4n) is 2.01. The molecule has 0 heterocycles. The van der Waals surface area contributed by atoms with Gasteiger partial charge in [0, 0.05) is 5.57 Å². The molecule has 19 heavy (non-hydrogen) atoms. The van der Waals surface area contributed by atoms with E-state index in [1.165, 1.54) is 7.11 Å². The summed E-state index contributed by atoms with van der Waals surface area (Å²) in [5.74, 6) is -0.832. The zero-order valence-corrected chi connectivity index (χ0v) is 11.1. The van der Waals surface area contributed by atoms with Crippen LogP contribution in [0.15, 0.2) is 30.1 Å². The van der Waals surface area contributed by atoms with Crippen molar-refractivity contribution in [2.45, 2.75) is 19.8 Å². The van der Waals surface area contributed by atoms with Crippen LogP contribution in [-0.2, 0) is 9.53 Å². The van der Waals surface area contributed by atoms with Crippen LogP contribution in [0.1, 0.15) is 25.3 Å². The van der Waals surface area contributed by atoms with Crippen molar-refractivity contribution in [2.75, 3.05) is 13.7 Å². The minimum Gasteiger partial charge on any atom is -0.494 e. The van der Waals surface area contributed by atoms with Crippen LogP contribution < -0.4 is 4.74 Å². The number of carbonyl (C=O) groups is 1. The first-order valence-electron chi connectivity index (χ1n) is 6.38. The van der Waals surface area contributed by atoms with Gasteiger partial charge in [0.25, 0.3) is 0 Å². The second kappa shape index (κ2) is 5.87. The molecule has 1 saturated carbocycles. The molecule has 2 rings (SSSR count). The monoisotopic (exact) mass is 264 g/mol. The van der Waals surface area contributed by atoms with E-state index in [2.05, 4.69) is 4.74 Å². The van der Waals surface area contributed by atoms with E-state index in [9.17, 15) is 9.18 Å². The highest BCUT2D eigenvalue weighted by Crippen LogP contribution is 2.44. The van der Waals surface area contributed by atoms with E-state index < -0.39 is 11.8 Å². The number of benzene rings is 1. The van der Waals surface area contributed by atoms with E-state index in [-0.39, 0.29) is 5.92 Å². The number of halogens is 1. The summed E-state index contributed by atoms with van der Waals surface area (Å²) in [4.78, 5) is 11.3. The van der Waals surface area contributed by atoms with Crippen LogP contribution in [-0.4, -0.2) is 19.7 Å². The van der Waals surface area contributed by atoms with Crippen LogP contribution in [0.5, 0.6) is 5.75 Å². The fraction of sp³-hybridized carbons (Fsp3) is 0.400. The van der Waals surface area contributed by atoms with Gasteiger partial charge in [-0.1, -0.05) is 12.1 Å². The molecule has 3 nitrogen and oxygen atoms in total. The molecule has 0 bridgehead atoms. The Hall–Kier alpha value is -1.84. The molecule has 1 aliphatic rings. The van der Waals surface area contributed by atoms with Crippen LogP contribution in [0.3, 0.4) is 0 Å². The molecule has 102 valence electrons. The van der Waals surface area contributed by atoms with Crippen LogP contribution in [0, 0.1) is 5.92 Å². The third-order valence-electron chi connectivity index (χ3n) is 3.06. The van der Waals surface area contributed by atoms with Crippen LogP contribution in [0.2, 0.25) is 0 Å². The van der Waals surface area contributed by atoms with Gasteiger partial charge >= 0.3 is 5.97 Å². The van der Waals surface area contributed by atoms with Gasteiger partial charge in [-0.15, -0.1) is 0 Å². The topological polar surface area (TPSA) is 35.5 Å². The molecule has 0 amide bonds. The van der Waals surface area contributed by atoms with E-state index in [1.807, 2.05) is 6.92 Å². The highest BCUT2D eigenvalue weighted by Gasteiger charge is 2.32. The molecule has 1 fully saturated rings. The summed E-state index contributed by atoms with van der Waals surface area (Å²) in [5, 5.41) is 0. The molecule has 0 spiro atoms. The van der Waals surface area contributed by atoms with Crippen molar-refractivity contribution in [3.8, 4) is 5.75 Å². The first-order chi connectivity index (χ1) is 9.17. The molecule has 1 aromatic carbocycles. The quantitative estimate of drug-likeness (QED) is 0.604. The van der Waals surface area contributed by atoms with Crippen LogP contribution in [0.25, 0.3) is 5.57 Å². The van der Waals surface area contributed by atoms with Gasteiger partial charge in [0.05, 0.1) is 13.7 Å². The minimum absolute atomic E-state index is 0.122. The molecular formula is C15H17FO3. The van der Waals surface area contributed by atoms with Crippen LogP contribution >= 0.6 is 0 Å². The van der Waals surface area contributed by atoms with Gasteiger partial charge < -0.3 is 9.47 Å². The normalized spacial score (nSPS) is 15.7. The van der Waals surface area contributed by atoms with Crippen molar-refractivity contribution in [1.29, 1.82) is 0 Å². The zero-order valence-electron chi connectivity index (χ0n) is 11.1. The van der Waals surface area contributed by atoms with Crippen LogP contribution in [0.4, 0.5) is 4.39 Å². The zero-order chi connectivity index (χ0) is 13.8. The lowest BCUT2D eigenvalue weighted by Crippen LogP contribution is -2.05. The molecule has 1 aromatic rings. The van der Waals surface area contributed by atoms with Crippen molar-refractivity contribution in [1.82, 2.24) is 0 Å². The number of ether oxygens (including phenoxy) is 2.